The van der Waals surface area contributed by atoms with Gasteiger partial charge in [0.2, 0.25) is 17.7 Å². The predicted molar refractivity (Wildman–Crippen MR) is 163 cm³/mol. The number of aryl methyl sites for hydroxylation is 3. The van der Waals surface area contributed by atoms with Crippen LogP contribution in [0.15, 0.2) is 36.4 Å². The van der Waals surface area contributed by atoms with E-state index in [2.05, 4.69) is 10.3 Å². The summed E-state index contributed by atoms with van der Waals surface area (Å²) in [6.07, 6.45) is 6.44. The number of rotatable bonds is 4. The third-order valence-electron chi connectivity index (χ3n) is 8.97. The molecule has 1 saturated heterocycles. The van der Waals surface area contributed by atoms with Crippen LogP contribution in [0.4, 0.5) is 0 Å². The van der Waals surface area contributed by atoms with E-state index in [0.717, 1.165) is 48.9 Å². The molecule has 1 N–H and O–H groups in total. The van der Waals surface area contributed by atoms with E-state index in [9.17, 15) is 14.4 Å². The molecule has 1 fully saturated rings. The number of carbonyl (C=O) groups is 3. The second kappa shape index (κ2) is 13.2. The summed E-state index contributed by atoms with van der Waals surface area (Å²) in [5.41, 5.74) is 3.59. The molecule has 0 saturated carbocycles. The van der Waals surface area contributed by atoms with Gasteiger partial charge in [0.1, 0.15) is 23.3 Å². The van der Waals surface area contributed by atoms with Crippen molar-refractivity contribution in [2.45, 2.75) is 83.3 Å². The fraction of sp³-hybridized carbons (Fsp3) is 0.515. The van der Waals surface area contributed by atoms with Crippen molar-refractivity contribution in [3.05, 3.63) is 70.4 Å². The van der Waals surface area contributed by atoms with Crippen LogP contribution in [0.3, 0.4) is 0 Å². The van der Waals surface area contributed by atoms with Gasteiger partial charge in [-0.15, -0.1) is 0 Å². The number of aromatic nitrogens is 4. The lowest BCUT2D eigenvalue weighted by Crippen LogP contribution is -2.53. The summed E-state index contributed by atoms with van der Waals surface area (Å²) < 4.78 is 7.40. The minimum absolute atomic E-state index is 0.0512. The molecule has 44 heavy (non-hydrogen) atoms. The Bertz CT molecular complexity index is 1520. The van der Waals surface area contributed by atoms with Gasteiger partial charge in [0, 0.05) is 31.7 Å². The van der Waals surface area contributed by atoms with Crippen LogP contribution in [-0.4, -0.2) is 80.1 Å². The van der Waals surface area contributed by atoms with E-state index in [4.69, 9.17) is 14.8 Å². The molecular weight excluding hydrogens is 558 g/mol. The van der Waals surface area contributed by atoms with Gasteiger partial charge in [0.15, 0.2) is 0 Å². The monoisotopic (exact) mass is 599 g/mol. The highest BCUT2D eigenvalue weighted by molar-refractivity contribution is 5.96. The lowest BCUT2D eigenvalue weighted by atomic mass is 9.99. The Morgan fingerprint density at radius 3 is 2.64 bits per heavy atom. The molecule has 3 aromatic rings. The van der Waals surface area contributed by atoms with Gasteiger partial charge in [0.25, 0.3) is 5.91 Å². The first-order valence-corrected chi connectivity index (χ1v) is 15.8. The third-order valence-corrected chi connectivity index (χ3v) is 8.97. The Hall–Kier alpha value is -4.28. The number of amides is 3. The Labute approximate surface area is 258 Å². The van der Waals surface area contributed by atoms with Gasteiger partial charge < -0.3 is 19.9 Å². The second-order valence-electron chi connectivity index (χ2n) is 12.0. The quantitative estimate of drug-likeness (QED) is 0.489. The minimum atomic E-state index is -0.533. The van der Waals surface area contributed by atoms with Crippen molar-refractivity contribution in [3.8, 4) is 5.88 Å². The zero-order chi connectivity index (χ0) is 30.6. The molecule has 2 aromatic heterocycles. The van der Waals surface area contributed by atoms with Crippen LogP contribution in [0.25, 0.3) is 0 Å². The lowest BCUT2D eigenvalue weighted by molar-refractivity contribution is -0.142. The number of fused-ring (bicyclic) bond motifs is 3. The number of nitrogens with zero attached hydrogens (tertiary/aromatic N) is 6. The predicted octanol–water partition coefficient (Wildman–Crippen LogP) is 3.20. The maximum absolute atomic E-state index is 14.1. The van der Waals surface area contributed by atoms with Crippen LogP contribution in [-0.2, 0) is 35.4 Å². The summed E-state index contributed by atoms with van der Waals surface area (Å²) in [6, 6.07) is 10.9. The Kier molecular flexibility index (Phi) is 8.90. The van der Waals surface area contributed by atoms with Gasteiger partial charge in [-0.2, -0.15) is 5.10 Å². The number of benzene rings is 1. The van der Waals surface area contributed by atoms with Crippen molar-refractivity contribution in [1.29, 1.82) is 0 Å². The van der Waals surface area contributed by atoms with Crippen molar-refractivity contribution in [3.63, 3.8) is 0 Å². The van der Waals surface area contributed by atoms with Crippen LogP contribution >= 0.6 is 0 Å². The topological polar surface area (TPSA) is 123 Å². The number of methoxy groups -OCH3 is 1. The highest BCUT2D eigenvalue weighted by Crippen LogP contribution is 2.28. The van der Waals surface area contributed by atoms with Crippen LogP contribution in [0, 0.1) is 6.92 Å². The van der Waals surface area contributed by atoms with E-state index >= 15 is 0 Å². The number of hydrogen-bond acceptors (Lipinski definition) is 7. The van der Waals surface area contributed by atoms with Crippen molar-refractivity contribution in [2.75, 3.05) is 26.7 Å². The average molecular weight is 600 g/mol. The lowest BCUT2D eigenvalue weighted by Gasteiger charge is -2.36. The van der Waals surface area contributed by atoms with Gasteiger partial charge in [-0.25, -0.2) is 14.6 Å². The summed E-state index contributed by atoms with van der Waals surface area (Å²) >= 11 is 0. The van der Waals surface area contributed by atoms with Crippen LogP contribution in [0.2, 0.25) is 0 Å². The van der Waals surface area contributed by atoms with Crippen LogP contribution < -0.4 is 10.1 Å². The first-order chi connectivity index (χ1) is 21.4. The summed E-state index contributed by atoms with van der Waals surface area (Å²) in [4.78, 5) is 54.3. The number of hydrogen-bond donors (Lipinski definition) is 1. The highest BCUT2D eigenvalue weighted by atomic mass is 16.5. The molecule has 3 amide bonds. The van der Waals surface area contributed by atoms with Gasteiger partial charge in [-0.3, -0.25) is 14.4 Å². The number of ether oxygens (including phenoxy) is 1. The molecule has 1 aromatic carbocycles. The fourth-order valence-corrected chi connectivity index (χ4v) is 6.75. The summed E-state index contributed by atoms with van der Waals surface area (Å²) in [5, 5.41) is 7.94. The molecule has 11 heteroatoms. The number of piperidine rings is 1. The zero-order valence-electron chi connectivity index (χ0n) is 25.6. The summed E-state index contributed by atoms with van der Waals surface area (Å²) in [6.45, 7) is 3.50. The average Bonchev–Trinajstić information content (AvgIpc) is 3.66. The van der Waals surface area contributed by atoms with Gasteiger partial charge in [-0.1, -0.05) is 30.3 Å². The SMILES string of the molecule is COc1nc2c(cc1C(=O)N1CCCC(=O)N3CCCC[C@H]3C(=O)N[C@H](Cc3ccccc3)c3nc(C)nn3CC1)CCC2. The van der Waals surface area contributed by atoms with E-state index in [-0.39, 0.29) is 24.1 Å². The maximum Gasteiger partial charge on any atom is 0.259 e. The smallest absolute Gasteiger partial charge is 0.259 e. The van der Waals surface area contributed by atoms with Crippen LogP contribution in [0.5, 0.6) is 5.88 Å². The van der Waals surface area contributed by atoms with E-state index < -0.39 is 12.1 Å². The molecule has 1 aliphatic carbocycles. The van der Waals surface area contributed by atoms with E-state index in [1.807, 2.05) is 48.0 Å². The first-order valence-electron chi connectivity index (χ1n) is 15.8. The molecule has 3 aliphatic rings. The second-order valence-corrected chi connectivity index (χ2v) is 12.0. The highest BCUT2D eigenvalue weighted by Gasteiger charge is 2.35. The summed E-state index contributed by atoms with van der Waals surface area (Å²) in [5.74, 6) is 1.18. The Morgan fingerprint density at radius 1 is 0.977 bits per heavy atom. The molecule has 2 atom stereocenters. The molecule has 0 radical (unpaired) electrons. The normalized spacial score (nSPS) is 21.1. The van der Waals surface area contributed by atoms with Crippen molar-refractivity contribution in [1.82, 2.24) is 34.9 Å². The summed E-state index contributed by atoms with van der Waals surface area (Å²) in [7, 11) is 1.54. The molecule has 0 spiro atoms. The number of carbonyl (C=O) groups excluding carboxylic acids is 3. The van der Waals surface area contributed by atoms with E-state index in [0.29, 0.717) is 68.5 Å². The maximum atomic E-state index is 14.1. The largest absolute Gasteiger partial charge is 0.480 e. The van der Waals surface area contributed by atoms with Crippen molar-refractivity contribution in [2.24, 2.45) is 0 Å². The molecule has 2 aliphatic heterocycles. The molecule has 6 rings (SSSR count). The minimum Gasteiger partial charge on any atom is -0.480 e. The van der Waals surface area contributed by atoms with Gasteiger partial charge >= 0.3 is 0 Å². The third kappa shape index (κ3) is 6.32. The molecule has 11 nitrogen and oxygen atoms in total. The number of pyridine rings is 1. The van der Waals surface area contributed by atoms with Gasteiger partial charge in [-0.05, 0) is 75.5 Å². The zero-order valence-corrected chi connectivity index (χ0v) is 25.6. The van der Waals surface area contributed by atoms with E-state index in [1.54, 1.807) is 16.9 Å². The van der Waals surface area contributed by atoms with E-state index in [1.165, 1.54) is 0 Å². The number of nitrogens with one attached hydrogen (secondary N) is 1. The molecule has 0 unspecified atom stereocenters. The molecule has 232 valence electrons. The molecular formula is C33H41N7O4. The Morgan fingerprint density at radius 2 is 1.82 bits per heavy atom. The van der Waals surface area contributed by atoms with Crippen molar-refractivity contribution < 1.29 is 19.1 Å². The molecule has 0 bridgehead atoms. The van der Waals surface area contributed by atoms with Gasteiger partial charge in [0.05, 0.1) is 19.7 Å². The standard InChI is InChI=1S/C33H41N7O4/c1-22-34-30-27(20-23-10-4-3-5-11-23)35-31(42)28-14-6-7-17-39(28)29(41)15-9-16-38(18-19-40(30)37-22)33(43)25-21-24-12-8-13-26(24)36-32(25)44-2/h3-5,10-11,21,27-28H,6-9,12-20H2,1-2H3,(H,35,42)/t27-,28+/m1/s1. The fourth-order valence-electron chi connectivity index (χ4n) is 6.75. The Balaban J connectivity index is 1.35. The van der Waals surface area contributed by atoms with Crippen LogP contribution in [0.1, 0.15) is 83.4 Å². The first kappa shape index (κ1) is 29.8. The molecule has 4 heterocycles. The van der Waals surface area contributed by atoms with Crippen molar-refractivity contribution >= 4 is 17.7 Å².